The predicted molar refractivity (Wildman–Crippen MR) is 106 cm³/mol. The maximum atomic E-state index is 14.1. The Morgan fingerprint density at radius 1 is 1.11 bits per heavy atom. The van der Waals surface area contributed by atoms with Gasteiger partial charge < -0.3 is 0 Å². The standard InChI is InChI=1S/C21H20FN3OS/c1-2-14-25-20(17-11-6-7-12-18(17)22)23-24-21(25)27-15-8-13-19(26)16-9-4-3-5-10-16/h2-7,9-12H,1,8,13-15H2. The fourth-order valence-electron chi connectivity index (χ4n) is 2.70. The van der Waals surface area contributed by atoms with Crippen molar-refractivity contribution in [3.05, 3.63) is 78.6 Å². The third-order valence-corrected chi connectivity index (χ3v) is 5.07. The van der Waals surface area contributed by atoms with E-state index in [2.05, 4.69) is 16.8 Å². The van der Waals surface area contributed by atoms with E-state index in [0.29, 0.717) is 29.5 Å². The number of carbonyl (C=O) groups is 1. The predicted octanol–water partition coefficient (Wildman–Crippen LogP) is 5.03. The highest BCUT2D eigenvalue weighted by Gasteiger charge is 2.16. The molecule has 0 unspecified atom stereocenters. The lowest BCUT2D eigenvalue weighted by Gasteiger charge is -2.08. The van der Waals surface area contributed by atoms with Crippen molar-refractivity contribution in [2.45, 2.75) is 24.5 Å². The Bertz CT molecular complexity index is 924. The van der Waals surface area contributed by atoms with Gasteiger partial charge in [0, 0.05) is 24.3 Å². The van der Waals surface area contributed by atoms with E-state index in [-0.39, 0.29) is 11.6 Å². The number of ketones is 1. The third kappa shape index (κ3) is 4.71. The molecule has 0 radical (unpaired) electrons. The minimum atomic E-state index is -0.333. The number of Topliss-reactive ketones (excluding diaryl/α,β-unsaturated/α-hetero) is 1. The topological polar surface area (TPSA) is 47.8 Å². The minimum absolute atomic E-state index is 0.135. The van der Waals surface area contributed by atoms with Crippen LogP contribution in [0.3, 0.4) is 0 Å². The lowest BCUT2D eigenvalue weighted by Crippen LogP contribution is -2.03. The van der Waals surface area contributed by atoms with Crippen molar-refractivity contribution in [3.63, 3.8) is 0 Å². The zero-order chi connectivity index (χ0) is 19.1. The van der Waals surface area contributed by atoms with Crippen molar-refractivity contribution in [3.8, 4) is 11.4 Å². The maximum absolute atomic E-state index is 14.1. The second kappa shape index (κ2) is 9.28. The van der Waals surface area contributed by atoms with Crippen LogP contribution in [0.15, 0.2) is 72.4 Å². The summed E-state index contributed by atoms with van der Waals surface area (Å²) >= 11 is 1.51. The number of benzene rings is 2. The number of thioether (sulfide) groups is 1. The zero-order valence-corrected chi connectivity index (χ0v) is 15.7. The van der Waals surface area contributed by atoms with Gasteiger partial charge in [-0.15, -0.1) is 16.8 Å². The van der Waals surface area contributed by atoms with Crippen LogP contribution in [0.25, 0.3) is 11.4 Å². The summed E-state index contributed by atoms with van der Waals surface area (Å²) < 4.78 is 16.0. The number of carbonyl (C=O) groups excluding carboxylic acids is 1. The van der Waals surface area contributed by atoms with Gasteiger partial charge in [-0.05, 0) is 18.6 Å². The summed E-state index contributed by atoms with van der Waals surface area (Å²) in [6, 6.07) is 15.8. The van der Waals surface area contributed by atoms with Gasteiger partial charge in [-0.25, -0.2) is 4.39 Å². The second-order valence-electron chi connectivity index (χ2n) is 5.93. The fourth-order valence-corrected chi connectivity index (χ4v) is 3.58. The van der Waals surface area contributed by atoms with E-state index in [0.717, 1.165) is 17.7 Å². The lowest BCUT2D eigenvalue weighted by molar-refractivity contribution is 0.0982. The van der Waals surface area contributed by atoms with Gasteiger partial charge in [0.05, 0.1) is 5.56 Å². The molecule has 0 aliphatic rings. The largest absolute Gasteiger partial charge is 0.298 e. The van der Waals surface area contributed by atoms with Crippen LogP contribution in [0.2, 0.25) is 0 Å². The molecule has 3 aromatic rings. The van der Waals surface area contributed by atoms with Gasteiger partial charge in [0.1, 0.15) is 5.82 Å². The minimum Gasteiger partial charge on any atom is -0.298 e. The summed E-state index contributed by atoms with van der Waals surface area (Å²) in [5, 5.41) is 9.06. The van der Waals surface area contributed by atoms with Crippen LogP contribution in [-0.4, -0.2) is 26.3 Å². The Kier molecular flexibility index (Phi) is 6.54. The molecule has 0 N–H and O–H groups in total. The third-order valence-electron chi connectivity index (χ3n) is 4.02. The molecular formula is C21H20FN3OS. The molecule has 27 heavy (non-hydrogen) atoms. The molecule has 1 aromatic heterocycles. The van der Waals surface area contributed by atoms with Gasteiger partial charge >= 0.3 is 0 Å². The molecule has 0 bridgehead atoms. The quantitative estimate of drug-likeness (QED) is 0.226. The van der Waals surface area contributed by atoms with E-state index in [1.807, 2.05) is 34.9 Å². The number of aromatic nitrogens is 3. The number of allylic oxidation sites excluding steroid dienone is 1. The lowest BCUT2D eigenvalue weighted by atomic mass is 10.1. The molecule has 0 fully saturated rings. The first-order chi connectivity index (χ1) is 13.2. The number of nitrogens with zero attached hydrogens (tertiary/aromatic N) is 3. The molecule has 2 aromatic carbocycles. The molecule has 0 aliphatic carbocycles. The number of halogens is 1. The summed E-state index contributed by atoms with van der Waals surface area (Å²) in [6.45, 7) is 4.25. The highest BCUT2D eigenvalue weighted by Crippen LogP contribution is 2.26. The molecule has 0 spiro atoms. The van der Waals surface area contributed by atoms with Crippen molar-refractivity contribution in [1.29, 1.82) is 0 Å². The van der Waals surface area contributed by atoms with Gasteiger partial charge in [-0.2, -0.15) is 0 Å². The molecule has 4 nitrogen and oxygen atoms in total. The SMILES string of the molecule is C=CCn1c(SCCCC(=O)c2ccccc2)nnc1-c1ccccc1F. The highest BCUT2D eigenvalue weighted by atomic mass is 32.2. The number of rotatable bonds is 9. The van der Waals surface area contributed by atoms with Gasteiger partial charge in [-0.3, -0.25) is 9.36 Å². The van der Waals surface area contributed by atoms with Gasteiger partial charge in [0.25, 0.3) is 0 Å². The smallest absolute Gasteiger partial charge is 0.191 e. The van der Waals surface area contributed by atoms with Crippen LogP contribution in [-0.2, 0) is 6.54 Å². The fraction of sp³-hybridized carbons (Fsp3) is 0.190. The first-order valence-electron chi connectivity index (χ1n) is 8.70. The van der Waals surface area contributed by atoms with Crippen molar-refractivity contribution < 1.29 is 9.18 Å². The van der Waals surface area contributed by atoms with Crippen molar-refractivity contribution in [2.75, 3.05) is 5.75 Å². The molecule has 6 heteroatoms. The molecule has 138 valence electrons. The first-order valence-corrected chi connectivity index (χ1v) is 9.69. The average molecular weight is 381 g/mol. The van der Waals surface area contributed by atoms with Crippen LogP contribution in [0.5, 0.6) is 0 Å². The Labute approximate surface area is 162 Å². The van der Waals surface area contributed by atoms with Crippen LogP contribution in [0.4, 0.5) is 4.39 Å². The number of hydrogen-bond donors (Lipinski definition) is 0. The molecule has 0 saturated carbocycles. The summed E-state index contributed by atoms with van der Waals surface area (Å²) in [5.74, 6) is 1.01. The van der Waals surface area contributed by atoms with Gasteiger partial charge in [0.15, 0.2) is 16.8 Å². The van der Waals surface area contributed by atoms with Crippen LogP contribution >= 0.6 is 11.8 Å². The molecule has 1 heterocycles. The Morgan fingerprint density at radius 3 is 2.59 bits per heavy atom. The van der Waals surface area contributed by atoms with E-state index in [1.165, 1.54) is 17.8 Å². The van der Waals surface area contributed by atoms with E-state index in [9.17, 15) is 9.18 Å². The molecule has 0 saturated heterocycles. The van der Waals surface area contributed by atoms with E-state index >= 15 is 0 Å². The molecule has 0 amide bonds. The zero-order valence-electron chi connectivity index (χ0n) is 14.8. The van der Waals surface area contributed by atoms with Crippen LogP contribution < -0.4 is 0 Å². The van der Waals surface area contributed by atoms with Gasteiger partial charge in [-0.1, -0.05) is 60.3 Å². The van der Waals surface area contributed by atoms with Crippen molar-refractivity contribution >= 4 is 17.5 Å². The molecule has 0 aliphatic heterocycles. The summed E-state index contributed by atoms with van der Waals surface area (Å²) in [7, 11) is 0. The highest BCUT2D eigenvalue weighted by molar-refractivity contribution is 7.99. The Morgan fingerprint density at radius 2 is 1.85 bits per heavy atom. The van der Waals surface area contributed by atoms with Crippen LogP contribution in [0.1, 0.15) is 23.2 Å². The summed E-state index contributed by atoms with van der Waals surface area (Å²) in [6.07, 6.45) is 2.94. The maximum Gasteiger partial charge on any atom is 0.191 e. The Hall–Kier alpha value is -2.73. The average Bonchev–Trinajstić information content (AvgIpc) is 3.09. The van der Waals surface area contributed by atoms with Crippen LogP contribution in [0, 0.1) is 5.82 Å². The summed E-state index contributed by atoms with van der Waals surface area (Å²) in [4.78, 5) is 12.2. The van der Waals surface area contributed by atoms with Crippen molar-refractivity contribution in [1.82, 2.24) is 14.8 Å². The van der Waals surface area contributed by atoms with Crippen molar-refractivity contribution in [2.24, 2.45) is 0 Å². The first kappa shape index (κ1) is 19.0. The molecular weight excluding hydrogens is 361 g/mol. The molecule has 0 atom stereocenters. The van der Waals surface area contributed by atoms with Gasteiger partial charge in [0.2, 0.25) is 0 Å². The number of hydrogen-bond acceptors (Lipinski definition) is 4. The van der Waals surface area contributed by atoms with E-state index in [1.54, 1.807) is 24.3 Å². The second-order valence-corrected chi connectivity index (χ2v) is 6.99. The monoisotopic (exact) mass is 381 g/mol. The Balaban J connectivity index is 1.64. The van der Waals surface area contributed by atoms with E-state index in [4.69, 9.17) is 0 Å². The molecule has 3 rings (SSSR count). The van der Waals surface area contributed by atoms with E-state index < -0.39 is 0 Å². The summed E-state index contributed by atoms with van der Waals surface area (Å²) in [5.41, 5.74) is 1.15. The normalized spacial score (nSPS) is 10.7.